The van der Waals surface area contributed by atoms with Crippen molar-refractivity contribution in [3.8, 4) is 5.75 Å². The Labute approximate surface area is 208 Å². The van der Waals surface area contributed by atoms with Gasteiger partial charge < -0.3 is 14.0 Å². The molecule has 29 heavy (non-hydrogen) atoms. The zero-order chi connectivity index (χ0) is 21.2. The third-order valence-corrected chi connectivity index (χ3v) is 8.22. The molecule has 6 nitrogen and oxygen atoms in total. The predicted octanol–water partition coefficient (Wildman–Crippen LogP) is 4.79. The van der Waals surface area contributed by atoms with E-state index in [0.717, 1.165) is 10.8 Å². The number of carbonyl (C=O) groups is 1. The Hall–Kier alpha value is -0.710. The Morgan fingerprint density at radius 3 is 2.31 bits per heavy atom. The van der Waals surface area contributed by atoms with Gasteiger partial charge in [-0.1, -0.05) is 30.3 Å². The van der Waals surface area contributed by atoms with Gasteiger partial charge >= 0.3 is 5.97 Å². The van der Waals surface area contributed by atoms with E-state index in [9.17, 15) is 17.8 Å². The van der Waals surface area contributed by atoms with Gasteiger partial charge in [0, 0.05) is 3.57 Å². The summed E-state index contributed by atoms with van der Waals surface area (Å²) in [6.45, 7) is -0.00642. The minimum absolute atomic E-state index is 0.0181. The highest BCUT2D eigenvalue weighted by Crippen LogP contribution is 2.35. The molecule has 0 radical (unpaired) electrons. The number of hydrogen-bond acceptors (Lipinski definition) is 6. The van der Waals surface area contributed by atoms with Crippen molar-refractivity contribution in [1.82, 2.24) is 0 Å². The van der Waals surface area contributed by atoms with Gasteiger partial charge in [-0.2, -0.15) is 0 Å². The molecule has 0 atom stereocenters. The van der Waals surface area contributed by atoms with Gasteiger partial charge in [0.2, 0.25) is 0 Å². The van der Waals surface area contributed by atoms with Gasteiger partial charge in [0.15, 0.2) is 0 Å². The van der Waals surface area contributed by atoms with Crippen LogP contribution in [-0.4, -0.2) is 32.2 Å². The van der Waals surface area contributed by atoms with Crippen LogP contribution in [0.4, 0.5) is 0 Å². The van der Waals surface area contributed by atoms with Gasteiger partial charge in [0.05, 0.1) is 17.6 Å². The van der Waals surface area contributed by atoms with Gasteiger partial charge in [0.1, 0.15) is 29.1 Å². The molecule has 3 rings (SSSR count). The molecule has 0 heterocycles. The number of carbonyl (C=O) groups excluding carboxylic acids is 1. The summed E-state index contributed by atoms with van der Waals surface area (Å²) in [4.78, 5) is 12.0. The average Bonchev–Trinajstić information content (AvgIpc) is 2.65. The van der Waals surface area contributed by atoms with Crippen molar-refractivity contribution in [3.05, 3.63) is 64.8 Å². The maximum absolute atomic E-state index is 12.3. The maximum atomic E-state index is 12.3. The molecule has 0 bridgehead atoms. The monoisotopic (exact) mass is 749 g/mol. The van der Waals surface area contributed by atoms with Crippen molar-refractivity contribution in [1.29, 1.82) is 0 Å². The first-order valence-corrected chi connectivity index (χ1v) is 12.7. The van der Waals surface area contributed by atoms with E-state index in [2.05, 4.69) is 0 Å². The van der Waals surface area contributed by atoms with Crippen molar-refractivity contribution in [2.75, 3.05) is 13.2 Å². The number of esters is 1. The van der Waals surface area contributed by atoms with Crippen LogP contribution in [0.3, 0.4) is 0 Å². The van der Waals surface area contributed by atoms with E-state index in [0.29, 0.717) is 12.7 Å². The summed E-state index contributed by atoms with van der Waals surface area (Å²) in [7, 11) is -4.64. The first-order valence-electron chi connectivity index (χ1n) is 8.10. The van der Waals surface area contributed by atoms with Crippen LogP contribution in [0.2, 0.25) is 0 Å². The zero-order valence-electron chi connectivity index (χ0n) is 14.5. The largest absolute Gasteiger partial charge is 0.744 e. The quantitative estimate of drug-likeness (QED) is 0.156. The first-order chi connectivity index (χ1) is 13.7. The fourth-order valence-electron chi connectivity index (χ4n) is 2.59. The molecule has 152 valence electrons. The third-order valence-electron chi connectivity index (χ3n) is 3.88. The number of halogens is 3. The topological polar surface area (TPSA) is 92.7 Å². The summed E-state index contributed by atoms with van der Waals surface area (Å²) in [5, 5.41) is 1.96. The molecule has 0 unspecified atom stereocenters. The molecule has 0 spiro atoms. The van der Waals surface area contributed by atoms with E-state index in [1.807, 2.05) is 52.9 Å². The maximum Gasteiger partial charge on any atom is 0.338 e. The van der Waals surface area contributed by atoms with Crippen LogP contribution >= 0.6 is 67.8 Å². The number of hydrogen-bond donors (Lipinski definition) is 0. The molecule has 0 fully saturated rings. The Balaban J connectivity index is 1.66. The minimum atomic E-state index is -4.64. The van der Waals surface area contributed by atoms with E-state index in [1.165, 1.54) is 0 Å². The van der Waals surface area contributed by atoms with Gasteiger partial charge in [-0.15, -0.1) is 0 Å². The number of ether oxygens (including phenoxy) is 2. The summed E-state index contributed by atoms with van der Waals surface area (Å²) in [6.07, 6.45) is 0. The Bertz CT molecular complexity index is 1190. The summed E-state index contributed by atoms with van der Waals surface area (Å²) >= 11 is 5.58. The Morgan fingerprint density at radius 2 is 1.62 bits per heavy atom. The van der Waals surface area contributed by atoms with Gasteiger partial charge in [-0.05, 0) is 96.7 Å². The fraction of sp³-hybridized carbons (Fsp3) is 0.105. The molecule has 0 saturated carbocycles. The lowest BCUT2D eigenvalue weighted by molar-refractivity contribution is 0.0449. The van der Waals surface area contributed by atoms with Gasteiger partial charge in [-0.25, -0.2) is 13.2 Å². The second-order valence-corrected chi connectivity index (χ2v) is 10.5. The highest BCUT2D eigenvalue weighted by Gasteiger charge is 2.20. The molecular weight excluding hydrogens is 737 g/mol. The summed E-state index contributed by atoms with van der Waals surface area (Å²) in [5.41, 5.74) is 0.432. The second-order valence-electron chi connectivity index (χ2n) is 5.81. The lowest BCUT2D eigenvalue weighted by Crippen LogP contribution is -2.14. The molecular formula is C19H12I3O6S-. The van der Waals surface area contributed by atoms with Crippen LogP contribution in [0.25, 0.3) is 10.8 Å². The van der Waals surface area contributed by atoms with E-state index >= 15 is 0 Å². The molecule has 10 heteroatoms. The summed E-state index contributed by atoms with van der Waals surface area (Å²) < 4.78 is 46.6. The standard InChI is InChI=1S/C19H13I3O6S/c20-14-10-15(21)18(29(24,25)26)16(22)17(14)27-7-8-28-19(23)13-6-5-11-3-1-2-4-12(11)9-13/h1-6,9-10H,7-8H2,(H,24,25,26)/p-1. The zero-order valence-corrected chi connectivity index (χ0v) is 21.8. The van der Waals surface area contributed by atoms with Crippen molar-refractivity contribution < 1.29 is 27.2 Å². The molecule has 0 aliphatic rings. The van der Waals surface area contributed by atoms with Crippen molar-refractivity contribution in [2.24, 2.45) is 0 Å². The van der Waals surface area contributed by atoms with Crippen LogP contribution < -0.4 is 4.74 Å². The lowest BCUT2D eigenvalue weighted by atomic mass is 10.1. The third kappa shape index (κ3) is 5.51. The Kier molecular flexibility index (Phi) is 7.61. The Morgan fingerprint density at radius 1 is 0.931 bits per heavy atom. The molecule has 3 aromatic rings. The van der Waals surface area contributed by atoms with Gasteiger partial charge in [-0.3, -0.25) is 0 Å². The summed E-state index contributed by atoms with van der Waals surface area (Å²) in [6, 6.07) is 14.6. The predicted molar refractivity (Wildman–Crippen MR) is 132 cm³/mol. The van der Waals surface area contributed by atoms with E-state index in [-0.39, 0.29) is 27.4 Å². The van der Waals surface area contributed by atoms with E-state index < -0.39 is 16.1 Å². The molecule has 0 aliphatic carbocycles. The molecule has 0 N–H and O–H groups in total. The first kappa shape index (κ1) is 23.0. The molecule has 3 aromatic carbocycles. The summed E-state index contributed by atoms with van der Waals surface area (Å²) in [5.74, 6) is -0.197. The van der Waals surface area contributed by atoms with Crippen molar-refractivity contribution in [2.45, 2.75) is 4.90 Å². The molecule has 0 aliphatic heterocycles. The van der Waals surface area contributed by atoms with Crippen molar-refractivity contribution >= 4 is 94.6 Å². The van der Waals surface area contributed by atoms with E-state index in [4.69, 9.17) is 9.47 Å². The molecule has 0 aromatic heterocycles. The smallest absolute Gasteiger partial charge is 0.338 e. The van der Waals surface area contributed by atoms with Crippen LogP contribution in [-0.2, 0) is 14.9 Å². The van der Waals surface area contributed by atoms with Crippen LogP contribution in [0.15, 0.2) is 53.4 Å². The second kappa shape index (κ2) is 9.62. The molecule has 0 saturated heterocycles. The van der Waals surface area contributed by atoms with Crippen LogP contribution in [0, 0.1) is 10.7 Å². The van der Waals surface area contributed by atoms with Crippen molar-refractivity contribution in [3.63, 3.8) is 0 Å². The lowest BCUT2D eigenvalue weighted by Gasteiger charge is -2.17. The normalized spacial score (nSPS) is 11.4. The highest BCUT2D eigenvalue weighted by atomic mass is 127. The van der Waals surface area contributed by atoms with Crippen LogP contribution in [0.1, 0.15) is 10.4 Å². The number of fused-ring (bicyclic) bond motifs is 1. The van der Waals surface area contributed by atoms with Crippen LogP contribution in [0.5, 0.6) is 5.75 Å². The van der Waals surface area contributed by atoms with Gasteiger partial charge in [0.25, 0.3) is 0 Å². The molecule has 0 amide bonds. The fourth-order valence-corrected chi connectivity index (χ4v) is 8.51. The number of benzene rings is 3. The highest BCUT2D eigenvalue weighted by molar-refractivity contribution is 14.1. The average molecular weight is 749 g/mol. The SMILES string of the molecule is O=C(OCCOc1c(I)cc(I)c(S(=O)(=O)[O-])c1I)c1ccc2ccccc2c1. The minimum Gasteiger partial charge on any atom is -0.744 e. The number of rotatable bonds is 6. The van der Waals surface area contributed by atoms with E-state index in [1.54, 1.807) is 63.4 Å².